The molecule has 0 fully saturated rings. The molecule has 0 saturated heterocycles. The Balaban J connectivity index is 1.65. The average Bonchev–Trinajstić information content (AvgIpc) is 2.84. The number of carbonyl (C=O) groups excluding carboxylic acids is 1. The molecule has 0 aliphatic rings. The van der Waals surface area contributed by atoms with E-state index in [1.165, 1.54) is 20.4 Å². The van der Waals surface area contributed by atoms with Crippen molar-refractivity contribution in [2.24, 2.45) is 5.10 Å². The van der Waals surface area contributed by atoms with Crippen molar-refractivity contribution in [3.8, 4) is 28.5 Å². The van der Waals surface area contributed by atoms with E-state index in [1.54, 1.807) is 18.2 Å². The molecule has 0 bridgehead atoms. The highest BCUT2D eigenvalue weighted by molar-refractivity contribution is 9.10. The Morgan fingerprint density at radius 2 is 1.70 bits per heavy atom. The van der Waals surface area contributed by atoms with Gasteiger partial charge in [0, 0.05) is 21.0 Å². The summed E-state index contributed by atoms with van der Waals surface area (Å²) in [5, 5.41) is 14.8. The summed E-state index contributed by atoms with van der Waals surface area (Å²) in [6.07, 6.45) is 1.45. The number of ether oxygens (including phenoxy) is 2. The van der Waals surface area contributed by atoms with Crippen LogP contribution in [0.15, 0.2) is 76.3 Å². The fourth-order valence-electron chi connectivity index (χ4n) is 3.35. The first-order valence-electron chi connectivity index (χ1n) is 9.94. The van der Waals surface area contributed by atoms with E-state index in [0.29, 0.717) is 22.3 Å². The van der Waals surface area contributed by atoms with Gasteiger partial charge in [0.05, 0.1) is 37.2 Å². The number of hydrogen-bond acceptors (Lipinski definition) is 6. The summed E-state index contributed by atoms with van der Waals surface area (Å²) in [6.45, 7) is 0. The third-order valence-electron chi connectivity index (χ3n) is 4.98. The fraction of sp³-hybridized carbons (Fsp3) is 0.0800. The predicted molar refractivity (Wildman–Crippen MR) is 131 cm³/mol. The number of carbonyl (C=O) groups is 1. The molecule has 1 aromatic heterocycles. The van der Waals surface area contributed by atoms with Gasteiger partial charge in [0.2, 0.25) is 5.75 Å². The number of nitrogens with one attached hydrogen (secondary N) is 1. The molecular formula is C25H20BrN3O4. The smallest absolute Gasteiger partial charge is 0.272 e. The van der Waals surface area contributed by atoms with Crippen molar-refractivity contribution in [2.75, 3.05) is 14.2 Å². The summed E-state index contributed by atoms with van der Waals surface area (Å²) in [7, 11) is 2.88. The molecule has 1 amide bonds. The van der Waals surface area contributed by atoms with E-state index >= 15 is 0 Å². The highest BCUT2D eigenvalue weighted by atomic mass is 79.9. The molecule has 4 aromatic rings. The molecule has 1 heterocycles. The van der Waals surface area contributed by atoms with Gasteiger partial charge in [0.1, 0.15) is 0 Å². The van der Waals surface area contributed by atoms with Gasteiger partial charge in [-0.3, -0.25) is 4.79 Å². The second-order valence-corrected chi connectivity index (χ2v) is 7.97. The van der Waals surface area contributed by atoms with Crippen LogP contribution in [0.4, 0.5) is 0 Å². The predicted octanol–water partition coefficient (Wildman–Crippen LogP) is 5.15. The van der Waals surface area contributed by atoms with Gasteiger partial charge >= 0.3 is 0 Å². The summed E-state index contributed by atoms with van der Waals surface area (Å²) in [4.78, 5) is 17.7. The molecule has 0 aliphatic heterocycles. The van der Waals surface area contributed by atoms with Crippen LogP contribution in [0.2, 0.25) is 0 Å². The molecule has 0 spiro atoms. The summed E-state index contributed by atoms with van der Waals surface area (Å²) in [6, 6.07) is 20.1. The largest absolute Gasteiger partial charge is 0.502 e. The minimum absolute atomic E-state index is 0.107. The second kappa shape index (κ2) is 9.70. The third-order valence-corrected chi connectivity index (χ3v) is 5.51. The summed E-state index contributed by atoms with van der Waals surface area (Å²) >= 11 is 3.44. The van der Waals surface area contributed by atoms with Gasteiger partial charge in [-0.15, -0.1) is 0 Å². The van der Waals surface area contributed by atoms with Gasteiger partial charge in [0.15, 0.2) is 11.5 Å². The number of pyridine rings is 1. The number of aromatic nitrogens is 1. The molecular weight excluding hydrogens is 486 g/mol. The maximum absolute atomic E-state index is 13.0. The Kier molecular flexibility index (Phi) is 6.55. The van der Waals surface area contributed by atoms with E-state index in [0.717, 1.165) is 15.4 Å². The summed E-state index contributed by atoms with van der Waals surface area (Å²) in [5.74, 6) is -0.00591. The lowest BCUT2D eigenvalue weighted by Crippen LogP contribution is -2.18. The summed E-state index contributed by atoms with van der Waals surface area (Å²) in [5.41, 5.74) is 5.89. The van der Waals surface area contributed by atoms with E-state index < -0.39 is 0 Å². The van der Waals surface area contributed by atoms with Crippen molar-refractivity contribution in [3.63, 3.8) is 0 Å². The number of phenolic OH excluding ortho intramolecular Hbond substituents is 1. The molecule has 3 aromatic carbocycles. The lowest BCUT2D eigenvalue weighted by atomic mass is 10.0. The number of hydrazone groups is 1. The molecule has 4 rings (SSSR count). The molecule has 166 valence electrons. The number of phenols is 1. The number of aromatic hydroxyl groups is 1. The normalized spacial score (nSPS) is 11.0. The highest BCUT2D eigenvalue weighted by Crippen LogP contribution is 2.36. The second-order valence-electron chi connectivity index (χ2n) is 7.05. The first kappa shape index (κ1) is 22.3. The molecule has 0 saturated carbocycles. The SMILES string of the molecule is COc1cc(C=NNC(=O)c2cc(-c3ccc(Br)cc3)nc3ccccc23)cc(OC)c1O. The average molecular weight is 506 g/mol. The Hall–Kier alpha value is -3.91. The number of para-hydroxylation sites is 1. The lowest BCUT2D eigenvalue weighted by Gasteiger charge is -2.10. The Labute approximate surface area is 198 Å². The van der Waals surface area contributed by atoms with Gasteiger partial charge in [-0.05, 0) is 36.4 Å². The van der Waals surface area contributed by atoms with E-state index in [1.807, 2.05) is 48.5 Å². The molecule has 0 radical (unpaired) electrons. The van der Waals surface area contributed by atoms with Gasteiger partial charge < -0.3 is 14.6 Å². The van der Waals surface area contributed by atoms with E-state index in [2.05, 4.69) is 26.5 Å². The van der Waals surface area contributed by atoms with Crippen LogP contribution in [0.3, 0.4) is 0 Å². The summed E-state index contributed by atoms with van der Waals surface area (Å²) < 4.78 is 11.3. The number of nitrogens with zero attached hydrogens (tertiary/aromatic N) is 2. The number of halogens is 1. The Bertz CT molecular complexity index is 1330. The van der Waals surface area contributed by atoms with Crippen molar-refractivity contribution < 1.29 is 19.4 Å². The fourth-order valence-corrected chi connectivity index (χ4v) is 3.61. The van der Waals surface area contributed by atoms with Crippen LogP contribution in [0.25, 0.3) is 22.2 Å². The number of hydrogen-bond donors (Lipinski definition) is 2. The molecule has 0 atom stereocenters. The minimum atomic E-state index is -0.374. The lowest BCUT2D eigenvalue weighted by molar-refractivity contribution is 0.0956. The van der Waals surface area contributed by atoms with Gasteiger partial charge in [0.25, 0.3) is 5.91 Å². The van der Waals surface area contributed by atoms with Crippen LogP contribution in [0.1, 0.15) is 15.9 Å². The molecule has 8 heteroatoms. The van der Waals surface area contributed by atoms with Crippen molar-refractivity contribution in [3.05, 3.63) is 82.3 Å². The maximum Gasteiger partial charge on any atom is 0.272 e. The van der Waals surface area contributed by atoms with E-state index in [-0.39, 0.29) is 23.2 Å². The van der Waals surface area contributed by atoms with Crippen molar-refractivity contribution >= 4 is 39.0 Å². The van der Waals surface area contributed by atoms with Crippen LogP contribution >= 0.6 is 15.9 Å². The quantitative estimate of drug-likeness (QED) is 0.279. The van der Waals surface area contributed by atoms with E-state index in [9.17, 15) is 9.90 Å². The van der Waals surface area contributed by atoms with Crippen LogP contribution in [-0.4, -0.2) is 36.4 Å². The first-order valence-corrected chi connectivity index (χ1v) is 10.7. The van der Waals surface area contributed by atoms with Gasteiger partial charge in [-0.2, -0.15) is 5.10 Å². The maximum atomic E-state index is 13.0. The Morgan fingerprint density at radius 1 is 1.03 bits per heavy atom. The standard InChI is InChI=1S/C25H20BrN3O4/c1-32-22-11-15(12-23(33-2)24(22)30)14-27-29-25(31)19-13-21(16-7-9-17(26)10-8-16)28-20-6-4-3-5-18(19)20/h3-14,30H,1-2H3,(H,29,31). The van der Waals surface area contributed by atoms with Crippen LogP contribution in [0.5, 0.6) is 17.2 Å². The van der Waals surface area contributed by atoms with Gasteiger partial charge in [-0.1, -0.05) is 46.3 Å². The topological polar surface area (TPSA) is 93.0 Å². The highest BCUT2D eigenvalue weighted by Gasteiger charge is 2.14. The number of benzene rings is 3. The molecule has 7 nitrogen and oxygen atoms in total. The zero-order valence-corrected chi connectivity index (χ0v) is 19.5. The van der Waals surface area contributed by atoms with E-state index in [4.69, 9.17) is 14.5 Å². The van der Waals surface area contributed by atoms with Crippen molar-refractivity contribution in [1.29, 1.82) is 0 Å². The minimum Gasteiger partial charge on any atom is -0.502 e. The van der Waals surface area contributed by atoms with Crippen LogP contribution in [-0.2, 0) is 0 Å². The first-order chi connectivity index (χ1) is 16.0. The Morgan fingerprint density at radius 3 is 2.36 bits per heavy atom. The number of amides is 1. The molecule has 33 heavy (non-hydrogen) atoms. The van der Waals surface area contributed by atoms with Gasteiger partial charge in [-0.25, -0.2) is 10.4 Å². The zero-order valence-electron chi connectivity index (χ0n) is 17.9. The third kappa shape index (κ3) is 4.80. The van der Waals surface area contributed by atoms with Crippen molar-refractivity contribution in [1.82, 2.24) is 10.4 Å². The molecule has 2 N–H and O–H groups in total. The van der Waals surface area contributed by atoms with Crippen LogP contribution < -0.4 is 14.9 Å². The monoisotopic (exact) mass is 505 g/mol. The van der Waals surface area contributed by atoms with Crippen molar-refractivity contribution in [2.45, 2.75) is 0 Å². The number of fused-ring (bicyclic) bond motifs is 1. The molecule has 0 unspecified atom stereocenters. The number of rotatable bonds is 6. The zero-order chi connectivity index (χ0) is 23.4. The molecule has 0 aliphatic carbocycles. The number of methoxy groups -OCH3 is 2. The van der Waals surface area contributed by atoms with Crippen LogP contribution in [0, 0.1) is 0 Å².